The Hall–Kier alpha value is -2.56. The molecule has 1 atom stereocenters. The highest BCUT2D eigenvalue weighted by Gasteiger charge is 2.12. The molecule has 1 amide bonds. The van der Waals surface area contributed by atoms with Gasteiger partial charge >= 0.3 is 0 Å². The second-order valence-corrected chi connectivity index (χ2v) is 4.56. The van der Waals surface area contributed by atoms with E-state index >= 15 is 0 Å². The number of hydrogen-bond acceptors (Lipinski definition) is 4. The third-order valence-corrected chi connectivity index (χ3v) is 3.17. The minimum absolute atomic E-state index is 0.109. The predicted molar refractivity (Wildman–Crippen MR) is 79.7 cm³/mol. The van der Waals surface area contributed by atoms with Gasteiger partial charge in [0.1, 0.15) is 5.75 Å². The van der Waals surface area contributed by atoms with Crippen LogP contribution in [0.3, 0.4) is 0 Å². The molecule has 0 radical (unpaired) electrons. The van der Waals surface area contributed by atoms with E-state index in [4.69, 9.17) is 9.47 Å². The van der Waals surface area contributed by atoms with Crippen molar-refractivity contribution < 1.29 is 14.3 Å². The van der Waals surface area contributed by atoms with Crippen LogP contribution in [0.5, 0.6) is 11.6 Å². The van der Waals surface area contributed by atoms with Crippen molar-refractivity contribution in [2.75, 3.05) is 14.2 Å². The summed E-state index contributed by atoms with van der Waals surface area (Å²) < 4.78 is 10.1. The van der Waals surface area contributed by atoms with E-state index < -0.39 is 0 Å². The molecule has 0 saturated carbocycles. The monoisotopic (exact) mass is 286 g/mol. The highest BCUT2D eigenvalue weighted by Crippen LogP contribution is 2.18. The smallest absolute Gasteiger partial charge is 0.252 e. The van der Waals surface area contributed by atoms with Crippen LogP contribution in [0.2, 0.25) is 0 Å². The molecule has 5 nitrogen and oxygen atoms in total. The zero-order chi connectivity index (χ0) is 15.2. The molecule has 2 aromatic rings. The molecule has 0 fully saturated rings. The van der Waals surface area contributed by atoms with Crippen molar-refractivity contribution >= 4 is 5.91 Å². The molecule has 0 bridgehead atoms. The average Bonchev–Trinajstić information content (AvgIpc) is 2.54. The topological polar surface area (TPSA) is 60.5 Å². The lowest BCUT2D eigenvalue weighted by molar-refractivity contribution is 0.0939. The first-order valence-corrected chi connectivity index (χ1v) is 6.59. The van der Waals surface area contributed by atoms with Gasteiger partial charge in [-0.25, -0.2) is 4.98 Å². The summed E-state index contributed by atoms with van der Waals surface area (Å²) in [5.74, 6) is 1.04. The number of amides is 1. The van der Waals surface area contributed by atoms with Gasteiger partial charge in [-0.05, 0) is 30.7 Å². The summed E-state index contributed by atoms with van der Waals surface area (Å²) in [6, 6.07) is 10.7. The van der Waals surface area contributed by atoms with Crippen molar-refractivity contribution in [2.45, 2.75) is 13.0 Å². The Morgan fingerprint density at radius 2 is 1.86 bits per heavy atom. The summed E-state index contributed by atoms with van der Waals surface area (Å²) >= 11 is 0. The van der Waals surface area contributed by atoms with E-state index in [9.17, 15) is 4.79 Å². The van der Waals surface area contributed by atoms with Crippen molar-refractivity contribution in [1.82, 2.24) is 10.3 Å². The Bertz CT molecular complexity index is 611. The second kappa shape index (κ2) is 6.74. The lowest BCUT2D eigenvalue weighted by Crippen LogP contribution is -2.26. The van der Waals surface area contributed by atoms with Crippen LogP contribution in [0.4, 0.5) is 0 Å². The van der Waals surface area contributed by atoms with Gasteiger partial charge in [0.15, 0.2) is 0 Å². The number of rotatable bonds is 5. The van der Waals surface area contributed by atoms with E-state index in [1.54, 1.807) is 25.4 Å². The van der Waals surface area contributed by atoms with Crippen molar-refractivity contribution in [1.29, 1.82) is 0 Å². The number of nitrogens with zero attached hydrogens (tertiary/aromatic N) is 1. The van der Waals surface area contributed by atoms with Crippen LogP contribution in [0.1, 0.15) is 28.9 Å². The number of hydrogen-bond donors (Lipinski definition) is 1. The third kappa shape index (κ3) is 3.72. The molecule has 21 heavy (non-hydrogen) atoms. The number of ether oxygens (including phenoxy) is 2. The van der Waals surface area contributed by atoms with Gasteiger partial charge in [-0.2, -0.15) is 0 Å². The van der Waals surface area contributed by atoms with Crippen molar-refractivity contribution in [3.63, 3.8) is 0 Å². The summed E-state index contributed by atoms with van der Waals surface area (Å²) in [5.41, 5.74) is 1.52. The van der Waals surface area contributed by atoms with Crippen molar-refractivity contribution in [3.8, 4) is 11.6 Å². The molecule has 1 heterocycles. The van der Waals surface area contributed by atoms with Crippen LogP contribution in [0, 0.1) is 0 Å². The van der Waals surface area contributed by atoms with Gasteiger partial charge in [0.05, 0.1) is 20.3 Å². The van der Waals surface area contributed by atoms with Crippen LogP contribution in [-0.2, 0) is 0 Å². The first kappa shape index (κ1) is 14.8. The quantitative estimate of drug-likeness (QED) is 0.917. The fourth-order valence-corrected chi connectivity index (χ4v) is 1.92. The number of benzene rings is 1. The van der Waals surface area contributed by atoms with Gasteiger partial charge in [0.25, 0.3) is 5.91 Å². The molecule has 0 aliphatic carbocycles. The van der Waals surface area contributed by atoms with Crippen LogP contribution in [0.25, 0.3) is 0 Å². The van der Waals surface area contributed by atoms with Gasteiger partial charge in [0, 0.05) is 17.8 Å². The number of carbonyl (C=O) groups is 1. The summed E-state index contributed by atoms with van der Waals surface area (Å²) in [6.45, 7) is 1.93. The lowest BCUT2D eigenvalue weighted by atomic mass is 10.1. The molecule has 0 spiro atoms. The maximum Gasteiger partial charge on any atom is 0.252 e. The molecule has 0 aliphatic rings. The standard InChI is InChI=1S/C16H18N2O3/c1-11(12-4-6-14(20-2)7-5-12)18-16(19)13-8-9-17-15(10-13)21-3/h4-11H,1-3H3,(H,18,19). The molecule has 2 rings (SSSR count). The lowest BCUT2D eigenvalue weighted by Gasteiger charge is -2.15. The van der Waals surface area contributed by atoms with Gasteiger partial charge in [-0.1, -0.05) is 12.1 Å². The Kier molecular flexibility index (Phi) is 4.77. The van der Waals surface area contributed by atoms with Crippen LogP contribution < -0.4 is 14.8 Å². The molecule has 1 aromatic carbocycles. The van der Waals surface area contributed by atoms with E-state index in [1.165, 1.54) is 7.11 Å². The van der Waals surface area contributed by atoms with E-state index in [0.29, 0.717) is 11.4 Å². The molecule has 5 heteroatoms. The molecular formula is C16H18N2O3. The first-order chi connectivity index (χ1) is 10.1. The SMILES string of the molecule is COc1ccc(C(C)NC(=O)c2ccnc(OC)c2)cc1. The highest BCUT2D eigenvalue weighted by molar-refractivity contribution is 5.94. The Morgan fingerprint density at radius 1 is 1.14 bits per heavy atom. The Balaban J connectivity index is 2.06. The molecule has 0 saturated heterocycles. The Labute approximate surface area is 123 Å². The van der Waals surface area contributed by atoms with Gasteiger partial charge in [-0.15, -0.1) is 0 Å². The molecule has 1 unspecified atom stereocenters. The number of methoxy groups -OCH3 is 2. The zero-order valence-electron chi connectivity index (χ0n) is 12.3. The van der Waals surface area contributed by atoms with Gasteiger partial charge in [-0.3, -0.25) is 4.79 Å². The van der Waals surface area contributed by atoms with E-state index in [2.05, 4.69) is 10.3 Å². The Morgan fingerprint density at radius 3 is 2.48 bits per heavy atom. The highest BCUT2D eigenvalue weighted by atomic mass is 16.5. The van der Waals surface area contributed by atoms with Crippen LogP contribution in [0.15, 0.2) is 42.6 Å². The molecule has 110 valence electrons. The normalized spacial score (nSPS) is 11.6. The fourth-order valence-electron chi connectivity index (χ4n) is 1.92. The van der Waals surface area contributed by atoms with E-state index in [1.807, 2.05) is 31.2 Å². The maximum absolute atomic E-state index is 12.2. The number of pyridine rings is 1. The minimum atomic E-state index is -0.168. The maximum atomic E-state index is 12.2. The second-order valence-electron chi connectivity index (χ2n) is 4.56. The molecule has 1 N–H and O–H groups in total. The van der Waals surface area contributed by atoms with E-state index in [-0.39, 0.29) is 11.9 Å². The van der Waals surface area contributed by atoms with E-state index in [0.717, 1.165) is 11.3 Å². The summed E-state index contributed by atoms with van der Waals surface area (Å²) in [6.07, 6.45) is 1.55. The number of carbonyl (C=O) groups excluding carboxylic acids is 1. The van der Waals surface area contributed by atoms with Crippen molar-refractivity contribution in [3.05, 3.63) is 53.7 Å². The summed E-state index contributed by atoms with van der Waals surface area (Å²) in [7, 11) is 3.14. The van der Waals surface area contributed by atoms with Crippen molar-refractivity contribution in [2.24, 2.45) is 0 Å². The third-order valence-electron chi connectivity index (χ3n) is 3.17. The molecular weight excluding hydrogens is 268 g/mol. The van der Waals surface area contributed by atoms with Crippen LogP contribution in [-0.4, -0.2) is 25.1 Å². The number of aromatic nitrogens is 1. The van der Waals surface area contributed by atoms with Gasteiger partial charge < -0.3 is 14.8 Å². The largest absolute Gasteiger partial charge is 0.497 e. The first-order valence-electron chi connectivity index (χ1n) is 6.59. The predicted octanol–water partition coefficient (Wildman–Crippen LogP) is 2.59. The summed E-state index contributed by atoms with van der Waals surface area (Å²) in [4.78, 5) is 16.2. The summed E-state index contributed by atoms with van der Waals surface area (Å²) in [5, 5.41) is 2.94. The molecule has 0 aliphatic heterocycles. The van der Waals surface area contributed by atoms with Gasteiger partial charge in [0.2, 0.25) is 5.88 Å². The average molecular weight is 286 g/mol. The minimum Gasteiger partial charge on any atom is -0.497 e. The fraction of sp³-hybridized carbons (Fsp3) is 0.250. The van der Waals surface area contributed by atoms with Crippen LogP contribution >= 0.6 is 0 Å². The number of nitrogens with one attached hydrogen (secondary N) is 1. The zero-order valence-corrected chi connectivity index (χ0v) is 12.3. The molecule has 1 aromatic heterocycles.